The zero-order valence-corrected chi connectivity index (χ0v) is 22.9. The molecule has 2 atom stereocenters. The molecule has 0 saturated carbocycles. The van der Waals surface area contributed by atoms with E-state index >= 15 is 0 Å². The average molecular weight is 570 g/mol. The maximum Gasteiger partial charge on any atom is 0.226 e. The zero-order valence-electron chi connectivity index (χ0n) is 21.3. The van der Waals surface area contributed by atoms with Crippen LogP contribution in [0.25, 0.3) is 16.5 Å². The van der Waals surface area contributed by atoms with Crippen molar-refractivity contribution < 1.29 is 9.18 Å². The summed E-state index contributed by atoms with van der Waals surface area (Å²) >= 11 is 11.9. The Morgan fingerprint density at radius 2 is 1.85 bits per heavy atom. The molecule has 2 N–H and O–H groups in total. The quantitative estimate of drug-likeness (QED) is 0.211. The second-order valence-corrected chi connectivity index (χ2v) is 10.3. The van der Waals surface area contributed by atoms with Crippen molar-refractivity contribution in [2.24, 2.45) is 0 Å². The highest BCUT2D eigenvalue weighted by Crippen LogP contribution is 2.40. The molecule has 0 bridgehead atoms. The van der Waals surface area contributed by atoms with Gasteiger partial charge in [0.2, 0.25) is 5.91 Å². The lowest BCUT2D eigenvalue weighted by molar-refractivity contribution is -0.116. The maximum absolute atomic E-state index is 13.9. The number of carbonyl (C=O) groups is 1. The first kappa shape index (κ1) is 26.0. The third-order valence-corrected chi connectivity index (χ3v) is 7.75. The third kappa shape index (κ3) is 5.03. The number of nitrogens with zero attached hydrogens (tertiary/aromatic N) is 3. The number of carbonyl (C=O) groups excluding carboxylic acids is 1. The van der Waals surface area contributed by atoms with Crippen molar-refractivity contribution in [3.05, 3.63) is 126 Å². The lowest BCUT2D eigenvalue weighted by Crippen LogP contribution is -2.33. The van der Waals surface area contributed by atoms with Crippen LogP contribution in [-0.2, 0) is 4.79 Å². The van der Waals surface area contributed by atoms with Gasteiger partial charge in [-0.2, -0.15) is 0 Å². The Balaban J connectivity index is 1.30. The largest absolute Gasteiger partial charge is 0.352 e. The highest BCUT2D eigenvalue weighted by atomic mass is 35.5. The minimum absolute atomic E-state index is 0.0421. The van der Waals surface area contributed by atoms with Gasteiger partial charge in [0, 0.05) is 47.8 Å². The summed E-state index contributed by atoms with van der Waals surface area (Å²) in [6.07, 6.45) is 3.87. The highest BCUT2D eigenvalue weighted by Gasteiger charge is 2.41. The van der Waals surface area contributed by atoms with Gasteiger partial charge >= 0.3 is 0 Å². The molecule has 6 nitrogen and oxygen atoms in total. The molecule has 0 radical (unpaired) electrons. The summed E-state index contributed by atoms with van der Waals surface area (Å²) < 4.78 is 15.9. The number of rotatable bonds is 7. The van der Waals surface area contributed by atoms with E-state index in [-0.39, 0.29) is 29.4 Å². The van der Waals surface area contributed by atoms with Gasteiger partial charge in [-0.15, -0.1) is 0 Å². The standard InChI is InChI=1S/C31H25ClFN5OS/c32-23-19-21(13-14-24(23)33)37-17-6-12-27(37)30-29(26-10-3-4-16-34-26)36-31(40)38(30)18-15-28(39)35-25-11-5-8-20-7-1-2-9-22(20)25/h1-14,16-17,19,29-30H,15,18H2,(H,35,39)(H,36,40)/t29-,30-/m1/s1. The maximum atomic E-state index is 13.9. The van der Waals surface area contributed by atoms with Gasteiger partial charge in [-0.3, -0.25) is 9.78 Å². The van der Waals surface area contributed by atoms with E-state index in [0.717, 1.165) is 33.5 Å². The summed E-state index contributed by atoms with van der Waals surface area (Å²) in [6, 6.07) is 27.6. The van der Waals surface area contributed by atoms with E-state index in [9.17, 15) is 9.18 Å². The number of benzene rings is 3. The smallest absolute Gasteiger partial charge is 0.226 e. The van der Waals surface area contributed by atoms with Crippen molar-refractivity contribution in [2.45, 2.75) is 18.5 Å². The van der Waals surface area contributed by atoms with Gasteiger partial charge in [0.05, 0.1) is 22.8 Å². The molecule has 9 heteroatoms. The average Bonchev–Trinajstić information content (AvgIpc) is 3.58. The van der Waals surface area contributed by atoms with Crippen molar-refractivity contribution in [1.29, 1.82) is 0 Å². The van der Waals surface area contributed by atoms with Crippen LogP contribution in [0.3, 0.4) is 0 Å². The van der Waals surface area contributed by atoms with E-state index in [4.69, 9.17) is 23.8 Å². The number of anilines is 1. The molecule has 1 aliphatic heterocycles. The third-order valence-electron chi connectivity index (χ3n) is 7.11. The van der Waals surface area contributed by atoms with E-state index in [0.29, 0.717) is 11.7 Å². The molecule has 2 aromatic heterocycles. The Labute approximate surface area is 241 Å². The normalized spacial score (nSPS) is 16.8. The summed E-state index contributed by atoms with van der Waals surface area (Å²) in [6.45, 7) is 0.381. The van der Waals surface area contributed by atoms with Gasteiger partial charge in [0.25, 0.3) is 0 Å². The predicted octanol–water partition coefficient (Wildman–Crippen LogP) is 6.82. The fourth-order valence-corrected chi connectivity index (χ4v) is 5.75. The Morgan fingerprint density at radius 3 is 2.67 bits per heavy atom. The Hall–Kier alpha value is -4.27. The molecule has 0 aliphatic carbocycles. The molecule has 3 heterocycles. The number of aromatic nitrogens is 2. The topological polar surface area (TPSA) is 62.2 Å². The number of amides is 1. The van der Waals surface area contributed by atoms with Crippen LogP contribution in [0.1, 0.15) is 29.9 Å². The van der Waals surface area contributed by atoms with E-state index in [1.54, 1.807) is 18.3 Å². The number of nitrogens with one attached hydrogen (secondary N) is 2. The van der Waals surface area contributed by atoms with Crippen molar-refractivity contribution in [1.82, 2.24) is 19.8 Å². The molecular formula is C31H25ClFN5OS. The van der Waals surface area contributed by atoms with Crippen LogP contribution < -0.4 is 10.6 Å². The Bertz CT molecular complexity index is 1700. The Kier molecular flexibility index (Phi) is 7.19. The molecule has 0 spiro atoms. The van der Waals surface area contributed by atoms with Gasteiger partial charge < -0.3 is 20.1 Å². The van der Waals surface area contributed by atoms with Crippen molar-refractivity contribution in [3.8, 4) is 5.69 Å². The summed E-state index contributed by atoms with van der Waals surface area (Å²) in [4.78, 5) is 19.8. The number of hydrogen-bond donors (Lipinski definition) is 2. The number of halogens is 2. The first-order valence-corrected chi connectivity index (χ1v) is 13.7. The van der Waals surface area contributed by atoms with Gasteiger partial charge in [-0.05, 0) is 66.1 Å². The van der Waals surface area contributed by atoms with E-state index < -0.39 is 5.82 Å². The first-order valence-electron chi connectivity index (χ1n) is 12.9. The van der Waals surface area contributed by atoms with Crippen LogP contribution in [0.4, 0.5) is 10.1 Å². The van der Waals surface area contributed by atoms with Crippen LogP contribution in [0, 0.1) is 5.82 Å². The molecule has 1 saturated heterocycles. The van der Waals surface area contributed by atoms with Crippen molar-refractivity contribution in [2.75, 3.05) is 11.9 Å². The molecular weight excluding hydrogens is 545 g/mol. The second-order valence-electron chi connectivity index (χ2n) is 9.55. The van der Waals surface area contributed by atoms with Crippen LogP contribution in [0.2, 0.25) is 5.02 Å². The van der Waals surface area contributed by atoms with Crippen LogP contribution in [0.5, 0.6) is 0 Å². The predicted molar refractivity (Wildman–Crippen MR) is 160 cm³/mol. The van der Waals surface area contributed by atoms with E-state index in [1.165, 1.54) is 6.07 Å². The van der Waals surface area contributed by atoms with E-state index in [1.807, 2.05) is 88.5 Å². The molecule has 6 rings (SSSR count). The highest BCUT2D eigenvalue weighted by molar-refractivity contribution is 7.80. The molecule has 3 aromatic carbocycles. The molecule has 1 fully saturated rings. The van der Waals surface area contributed by atoms with Gasteiger partial charge in [0.1, 0.15) is 5.82 Å². The van der Waals surface area contributed by atoms with Crippen molar-refractivity contribution >= 4 is 51.3 Å². The summed E-state index contributed by atoms with van der Waals surface area (Å²) in [7, 11) is 0. The summed E-state index contributed by atoms with van der Waals surface area (Å²) in [5.74, 6) is -0.590. The molecule has 1 amide bonds. The molecule has 1 aliphatic rings. The number of pyridine rings is 1. The second kappa shape index (κ2) is 11.1. The van der Waals surface area contributed by atoms with Gasteiger partial charge in [-0.25, -0.2) is 4.39 Å². The van der Waals surface area contributed by atoms with Crippen molar-refractivity contribution in [3.63, 3.8) is 0 Å². The van der Waals surface area contributed by atoms with E-state index in [2.05, 4.69) is 15.6 Å². The minimum atomic E-state index is -0.479. The lowest BCUT2D eigenvalue weighted by atomic mass is 10.0. The fourth-order valence-electron chi connectivity index (χ4n) is 5.24. The fraction of sp³-hybridized carbons (Fsp3) is 0.129. The first-order chi connectivity index (χ1) is 19.5. The summed E-state index contributed by atoms with van der Waals surface area (Å²) in [5, 5.41) is 9.11. The van der Waals surface area contributed by atoms with Crippen LogP contribution in [0.15, 0.2) is 103 Å². The zero-order chi connectivity index (χ0) is 27.6. The summed E-state index contributed by atoms with van der Waals surface area (Å²) in [5.41, 5.74) is 3.22. The SMILES string of the molecule is O=C(CCN1C(=S)N[C@H](c2ccccn2)[C@H]1c1cccn1-c1ccc(F)c(Cl)c1)Nc1cccc2ccccc12. The molecule has 0 unspecified atom stereocenters. The number of hydrogen-bond acceptors (Lipinski definition) is 3. The lowest BCUT2D eigenvalue weighted by Gasteiger charge is -2.29. The van der Waals surface area contributed by atoms with Crippen LogP contribution in [-0.4, -0.2) is 32.0 Å². The van der Waals surface area contributed by atoms with Gasteiger partial charge in [0.15, 0.2) is 5.11 Å². The molecule has 200 valence electrons. The monoisotopic (exact) mass is 569 g/mol. The Morgan fingerprint density at radius 1 is 1.02 bits per heavy atom. The van der Waals surface area contributed by atoms with Gasteiger partial charge in [-0.1, -0.05) is 54.1 Å². The number of fused-ring (bicyclic) bond motifs is 1. The molecule has 40 heavy (non-hydrogen) atoms. The minimum Gasteiger partial charge on any atom is -0.352 e. The number of thiocarbonyl (C=S) groups is 1. The van der Waals surface area contributed by atoms with Crippen LogP contribution >= 0.6 is 23.8 Å². The molecule has 5 aromatic rings.